The van der Waals surface area contributed by atoms with Crippen LogP contribution < -0.4 is 25.3 Å². The third-order valence-electron chi connectivity index (χ3n) is 14.8. The van der Waals surface area contributed by atoms with Gasteiger partial charge in [-0.05, 0) is 103 Å². The normalized spacial score (nSPS) is 19.6. The van der Waals surface area contributed by atoms with E-state index >= 15 is 0 Å². The molecule has 3 aliphatic carbocycles. The predicted octanol–water partition coefficient (Wildman–Crippen LogP) is 5.65. The second kappa shape index (κ2) is 26.5. The van der Waals surface area contributed by atoms with Gasteiger partial charge >= 0.3 is 47.6 Å². The number of anilines is 1. The van der Waals surface area contributed by atoms with Crippen LogP contribution in [0.15, 0.2) is 36.4 Å². The van der Waals surface area contributed by atoms with Crippen LogP contribution >= 0.6 is 0 Å². The Morgan fingerprint density at radius 3 is 1.27 bits per heavy atom. The van der Waals surface area contributed by atoms with E-state index in [9.17, 15) is 78.9 Å². The van der Waals surface area contributed by atoms with Crippen LogP contribution in [-0.2, 0) is 57.7 Å². The van der Waals surface area contributed by atoms with E-state index in [0.717, 1.165) is 62.6 Å². The summed E-state index contributed by atoms with van der Waals surface area (Å²) in [5, 5.41) is 24.8. The maximum atomic E-state index is 12.5. The van der Waals surface area contributed by atoms with Crippen molar-refractivity contribution in [3.63, 3.8) is 0 Å². The molecule has 0 spiro atoms. The van der Waals surface area contributed by atoms with Gasteiger partial charge in [0.2, 0.25) is 0 Å². The average molecular weight is 1150 g/mol. The van der Waals surface area contributed by atoms with Crippen molar-refractivity contribution in [2.75, 3.05) is 106 Å². The number of piperazine rings is 3. The molecule has 0 bridgehead atoms. The van der Waals surface area contributed by atoms with Crippen molar-refractivity contribution in [3.8, 4) is 17.2 Å². The highest BCUT2D eigenvalue weighted by molar-refractivity contribution is 5.84. The van der Waals surface area contributed by atoms with Gasteiger partial charge in [-0.15, -0.1) is 0 Å². The summed E-state index contributed by atoms with van der Waals surface area (Å²) in [4.78, 5) is 72.4. The highest BCUT2D eigenvalue weighted by atomic mass is 19.4. The number of ether oxygens (including phenoxy) is 3. The molecule has 3 heterocycles. The number of methoxy groups -OCH3 is 3. The fraction of sp³-hybridized carbons (Fsp3) is 0.569. The molecule has 3 aliphatic heterocycles. The lowest BCUT2D eigenvalue weighted by atomic mass is 9.86. The number of Topliss-reactive ketones (excluding diaryl/α,β-unsaturated/α-hetero) is 1. The molecule has 2 atom stereocenters. The van der Waals surface area contributed by atoms with Crippen molar-refractivity contribution in [2.24, 2.45) is 0 Å². The van der Waals surface area contributed by atoms with Crippen LogP contribution in [0, 0.1) is 20.2 Å². The number of nitro groups is 2. The zero-order chi connectivity index (χ0) is 58.9. The van der Waals surface area contributed by atoms with Crippen LogP contribution in [0.3, 0.4) is 0 Å². The van der Waals surface area contributed by atoms with Gasteiger partial charge in [-0.3, -0.25) is 49.2 Å². The molecule has 3 N–H and O–H groups in total. The van der Waals surface area contributed by atoms with Gasteiger partial charge < -0.3 is 40.0 Å². The Morgan fingerprint density at radius 1 is 0.525 bits per heavy atom. The van der Waals surface area contributed by atoms with Gasteiger partial charge in [0.25, 0.3) is 0 Å². The Balaban J connectivity index is 0.000000180. The molecule has 20 nitrogen and oxygen atoms in total. The molecule has 3 fully saturated rings. The van der Waals surface area contributed by atoms with Gasteiger partial charge in [-0.1, -0.05) is 0 Å². The van der Waals surface area contributed by atoms with Gasteiger partial charge in [0, 0.05) is 116 Å². The smallest absolute Gasteiger partial charge is 0.471 e. The molecular formula is C51H62F9N9O11. The molecule has 2 unspecified atom stereocenters. The number of hydrogen-bond donors (Lipinski definition) is 2. The zero-order valence-corrected chi connectivity index (χ0v) is 44.1. The molecule has 3 aromatic rings. The second-order valence-electron chi connectivity index (χ2n) is 19.7. The summed E-state index contributed by atoms with van der Waals surface area (Å²) in [5.41, 5.74) is 12.5. The van der Waals surface area contributed by atoms with Crippen LogP contribution in [0.1, 0.15) is 52.6 Å². The van der Waals surface area contributed by atoms with E-state index in [0.29, 0.717) is 82.8 Å². The number of rotatable bonds is 7. The topological polar surface area (TPSA) is 236 Å². The number of carbonyl (C=O) groups is 4. The van der Waals surface area contributed by atoms with Crippen LogP contribution in [0.2, 0.25) is 0 Å². The molecule has 6 aliphatic rings. The number of alkyl halides is 9. The molecule has 3 amide bonds. The number of ketones is 1. The number of amides is 3. The fourth-order valence-corrected chi connectivity index (χ4v) is 10.6. The third-order valence-corrected chi connectivity index (χ3v) is 14.8. The molecule has 0 aromatic heterocycles. The Hall–Kier alpha value is -7.01. The monoisotopic (exact) mass is 1150 g/mol. The van der Waals surface area contributed by atoms with Crippen LogP contribution in [0.4, 0.5) is 56.6 Å². The van der Waals surface area contributed by atoms with Gasteiger partial charge in [-0.2, -0.15) is 39.5 Å². The van der Waals surface area contributed by atoms with Crippen molar-refractivity contribution in [1.82, 2.24) is 29.8 Å². The maximum Gasteiger partial charge on any atom is 0.471 e. The lowest BCUT2D eigenvalue weighted by molar-refractivity contribution is -0.386. The lowest BCUT2D eigenvalue weighted by Gasteiger charge is -2.41. The standard InChI is InChI=1S/C17H20F3N3O4.C17H22F3N3O2.C11H11NO4.C6H9F3N2O/c1-27-15-10-12-8-13(3-2-11(12)9-14(15)23(25)26)21-4-6-22(7-5-21)16(24)17(18,19)20;1-25-15-10-12-8-13(3-2-11(12)9-14(15)21)22-4-6-23(7-5-22)16(24)17(18,19)20;1-16-11-6-8-4-9(13)3-2-7(8)5-10(11)12(14)15;7-6(8,9)5(12)11-3-1-10-2-4-11/h9-10,13H,2-8H2,1H3;9-10,13H,2-8,21H2,1H3;5-6H,2-4H2,1H3;10H,1-4H2. The summed E-state index contributed by atoms with van der Waals surface area (Å²) in [6, 6.07) is 10.7. The summed E-state index contributed by atoms with van der Waals surface area (Å²) < 4.78 is 126. The molecular weight excluding hydrogens is 1090 g/mol. The summed E-state index contributed by atoms with van der Waals surface area (Å²) in [6.07, 6.45) is -8.23. The first-order chi connectivity index (χ1) is 37.6. The van der Waals surface area contributed by atoms with Gasteiger partial charge in [0.1, 0.15) is 11.5 Å². The molecule has 0 radical (unpaired) electrons. The van der Waals surface area contributed by atoms with Crippen molar-refractivity contribution in [2.45, 2.75) is 88.4 Å². The second-order valence-corrected chi connectivity index (χ2v) is 19.7. The SMILES string of the molecule is COc1cc2c(cc1N)CCC(N1CCN(C(=O)C(F)(F)F)CC1)C2.COc1cc2c(cc1[N+](=O)[O-])CCC(=O)C2.COc1cc2c(cc1[N+](=O)[O-])CCC(N1CCN(C(=O)C(F)(F)F)CC1)C2.O=C(N1CCNCC1)C(F)(F)F. The van der Waals surface area contributed by atoms with E-state index in [2.05, 4.69) is 15.1 Å². The van der Waals surface area contributed by atoms with E-state index in [4.69, 9.17) is 19.9 Å². The summed E-state index contributed by atoms with van der Waals surface area (Å²) in [6.45, 7) is 3.16. The van der Waals surface area contributed by atoms with Crippen molar-refractivity contribution in [3.05, 3.63) is 90.0 Å². The number of nitrogen functional groups attached to an aromatic ring is 1. The summed E-state index contributed by atoms with van der Waals surface area (Å²) in [7, 11) is 4.35. The number of carbonyl (C=O) groups excluding carboxylic acids is 4. The molecule has 3 aromatic carbocycles. The Bertz CT molecular complexity index is 2740. The van der Waals surface area contributed by atoms with Gasteiger partial charge in [0.15, 0.2) is 11.5 Å². The van der Waals surface area contributed by atoms with Crippen molar-refractivity contribution >= 4 is 40.6 Å². The molecule has 0 saturated carbocycles. The van der Waals surface area contributed by atoms with Crippen molar-refractivity contribution in [1.29, 1.82) is 0 Å². The molecule has 3 saturated heterocycles. The van der Waals surface area contributed by atoms with Gasteiger partial charge in [-0.25, -0.2) is 0 Å². The number of aryl methyl sites for hydroxylation is 3. The van der Waals surface area contributed by atoms with Crippen LogP contribution in [-0.4, -0.2) is 188 Å². The van der Waals surface area contributed by atoms with Crippen molar-refractivity contribution < 1.29 is 82.7 Å². The quantitative estimate of drug-likeness (QED) is 0.126. The lowest BCUT2D eigenvalue weighted by Crippen LogP contribution is -2.55. The highest BCUT2D eigenvalue weighted by Crippen LogP contribution is 2.37. The van der Waals surface area contributed by atoms with E-state index in [1.165, 1.54) is 31.4 Å². The minimum Gasteiger partial charge on any atom is -0.495 e. The Kier molecular flexibility index (Phi) is 20.6. The van der Waals surface area contributed by atoms with Crippen LogP contribution in [0.25, 0.3) is 0 Å². The number of nitro benzene ring substituents is 2. The number of benzene rings is 3. The third kappa shape index (κ3) is 15.9. The number of nitrogens with one attached hydrogen (secondary N) is 1. The minimum absolute atomic E-state index is 0.0319. The minimum atomic E-state index is -4.84. The number of halogens is 9. The number of fused-ring (bicyclic) bond motifs is 3. The highest BCUT2D eigenvalue weighted by Gasteiger charge is 2.46. The van der Waals surface area contributed by atoms with E-state index in [1.54, 1.807) is 25.3 Å². The fourth-order valence-electron chi connectivity index (χ4n) is 10.6. The first-order valence-corrected chi connectivity index (χ1v) is 25.6. The van der Waals surface area contributed by atoms with Gasteiger partial charge in [0.05, 0.1) is 36.9 Å². The predicted molar refractivity (Wildman–Crippen MR) is 269 cm³/mol. The first kappa shape index (κ1) is 62.2. The number of nitrogens with two attached hydrogens (primary N) is 1. The maximum absolute atomic E-state index is 12.5. The van der Waals surface area contributed by atoms with E-state index in [-0.39, 0.29) is 80.0 Å². The average Bonchev–Trinajstić information content (AvgIpc) is 3.44. The van der Waals surface area contributed by atoms with E-state index < -0.39 is 46.1 Å². The summed E-state index contributed by atoms with van der Waals surface area (Å²) in [5.74, 6) is -4.00. The Labute approximate surface area is 453 Å². The molecule has 9 rings (SSSR count). The largest absolute Gasteiger partial charge is 0.495 e. The number of nitrogens with zero attached hydrogens (tertiary/aromatic N) is 7. The molecule has 29 heteroatoms. The first-order valence-electron chi connectivity index (χ1n) is 25.6. The molecule has 440 valence electrons. The van der Waals surface area contributed by atoms with E-state index in [1.807, 2.05) is 12.1 Å². The molecule has 80 heavy (non-hydrogen) atoms. The number of hydrogen-bond acceptors (Lipinski definition) is 15. The summed E-state index contributed by atoms with van der Waals surface area (Å²) >= 11 is 0. The zero-order valence-electron chi connectivity index (χ0n) is 44.1. The Morgan fingerprint density at radius 2 is 0.887 bits per heavy atom. The van der Waals surface area contributed by atoms with Crippen LogP contribution in [0.5, 0.6) is 17.2 Å².